The first-order valence-electron chi connectivity index (χ1n) is 6.24. The van der Waals surface area contributed by atoms with Crippen LogP contribution < -0.4 is 28.1 Å². The van der Waals surface area contributed by atoms with E-state index in [2.05, 4.69) is 65.8 Å². The molecule has 5 heteroatoms. The van der Waals surface area contributed by atoms with Crippen LogP contribution in [0.2, 0.25) is 13.1 Å². The van der Waals surface area contributed by atoms with Crippen molar-refractivity contribution < 1.29 is 45.7 Å². The largest absolute Gasteiger partial charge is 1.00 e. The van der Waals surface area contributed by atoms with Gasteiger partial charge in [-0.2, -0.15) is 0 Å². The Morgan fingerprint density at radius 2 is 1.84 bits per heavy atom. The topological polar surface area (TPSA) is 12.0 Å². The van der Waals surface area contributed by atoms with Gasteiger partial charge in [0.1, 0.15) is 0 Å². The Bertz CT molecular complexity index is 461. The third kappa shape index (κ3) is 5.22. The summed E-state index contributed by atoms with van der Waals surface area (Å²) in [6.07, 6.45) is 8.12. The van der Waals surface area contributed by atoms with Gasteiger partial charge >= 0.3 is 114 Å². The molecule has 1 N–H and O–H groups in total. The molecule has 0 saturated heterocycles. The van der Waals surface area contributed by atoms with Gasteiger partial charge in [-0.05, 0) is 0 Å². The van der Waals surface area contributed by atoms with E-state index in [-0.39, 0.29) is 24.8 Å². The van der Waals surface area contributed by atoms with Crippen LogP contribution in [-0.2, 0) is 20.9 Å². The van der Waals surface area contributed by atoms with E-state index in [1.54, 1.807) is 3.33 Å². The second-order valence-electron chi connectivity index (χ2n) is 4.83. The Hall–Kier alpha value is 0.167. The van der Waals surface area contributed by atoms with Gasteiger partial charge in [-0.25, -0.2) is 0 Å². The van der Waals surface area contributed by atoms with E-state index in [1.165, 1.54) is 17.7 Å². The molecule has 0 bridgehead atoms. The number of anilines is 1. The molecule has 0 fully saturated rings. The first-order chi connectivity index (χ1) is 8.18. The zero-order valence-electron chi connectivity index (χ0n) is 11.6. The zero-order chi connectivity index (χ0) is 12.3. The predicted molar refractivity (Wildman–Crippen MR) is 75.5 cm³/mol. The van der Waals surface area contributed by atoms with E-state index in [9.17, 15) is 0 Å². The van der Waals surface area contributed by atoms with Crippen LogP contribution in [0.1, 0.15) is 12.0 Å². The number of rotatable bonds is 4. The first-order valence-corrected chi connectivity index (χ1v) is 18.9. The van der Waals surface area contributed by atoms with Crippen LogP contribution in [0.25, 0.3) is 0 Å². The number of allylic oxidation sites excluding steroid dienone is 4. The third-order valence-electron chi connectivity index (χ3n) is 3.11. The van der Waals surface area contributed by atoms with Crippen LogP contribution in [0.15, 0.2) is 45.8 Å². The van der Waals surface area contributed by atoms with Crippen molar-refractivity contribution in [2.45, 2.75) is 26.4 Å². The Morgan fingerprint density at radius 1 is 1.16 bits per heavy atom. The molecule has 0 radical (unpaired) electrons. The monoisotopic (exact) mass is 480 g/mol. The fraction of sp³-hybridized carbons (Fsp3) is 0.286. The summed E-state index contributed by atoms with van der Waals surface area (Å²) in [6.45, 7) is 7.22. The summed E-state index contributed by atoms with van der Waals surface area (Å²) in [6, 6.07) is 8.70. The fourth-order valence-corrected chi connectivity index (χ4v) is 22.1. The SMILES string of the molecule is Cc1ccccc1[NH][Hf+2]([C]1=CC=CC1)[SiH](C)C.[Cl-].[Cl-]. The van der Waals surface area contributed by atoms with Gasteiger partial charge in [0.2, 0.25) is 0 Å². The zero-order valence-corrected chi connectivity index (χ0v) is 17.8. The van der Waals surface area contributed by atoms with Gasteiger partial charge in [0, 0.05) is 0 Å². The second-order valence-corrected chi connectivity index (χ2v) is 30.5. The van der Waals surface area contributed by atoms with Crippen molar-refractivity contribution >= 4 is 11.7 Å². The standard InChI is InChI=1S/C7H8N.C5H5.C2H7Si.2ClH.Hf/c1-6-4-2-3-5-7(6)8;1-2-4-5-3-1;1-3-2;;;/h2-5,8H,1H3;1-3H,4H2;3H,1-2H3;2*1H;/q-1;;;;;+3/p-2. The summed E-state index contributed by atoms with van der Waals surface area (Å²) in [5.41, 5.74) is 2.76. The quantitative estimate of drug-likeness (QED) is 0.483. The number of aryl methyl sites for hydroxylation is 1. The molecule has 0 spiro atoms. The molecule has 1 aliphatic rings. The van der Waals surface area contributed by atoms with E-state index in [0.717, 1.165) is 0 Å². The molecule has 0 aromatic heterocycles. The van der Waals surface area contributed by atoms with Gasteiger partial charge in [-0.1, -0.05) is 0 Å². The minimum Gasteiger partial charge on any atom is -1.00 e. The number of hydrogen-bond acceptors (Lipinski definition) is 1. The van der Waals surface area contributed by atoms with Crippen molar-refractivity contribution in [1.82, 2.24) is 0 Å². The molecule has 0 amide bonds. The Labute approximate surface area is 137 Å². The van der Waals surface area contributed by atoms with Gasteiger partial charge in [0.25, 0.3) is 0 Å². The molecule has 103 valence electrons. The minimum atomic E-state index is -1.73. The summed E-state index contributed by atoms with van der Waals surface area (Å²) >= 11 is -1.73. The van der Waals surface area contributed by atoms with E-state index >= 15 is 0 Å². The summed E-state index contributed by atoms with van der Waals surface area (Å²) in [5.74, 6) is -0.535. The van der Waals surface area contributed by atoms with E-state index in [4.69, 9.17) is 0 Å². The molecular weight excluding hydrogens is 460 g/mol. The molecule has 1 aliphatic carbocycles. The average Bonchev–Trinajstić information content (AvgIpc) is 2.81. The van der Waals surface area contributed by atoms with Crippen LogP contribution in [-0.4, -0.2) is 5.98 Å². The molecule has 0 heterocycles. The Morgan fingerprint density at radius 3 is 2.37 bits per heavy atom. The fourth-order valence-electron chi connectivity index (χ4n) is 2.10. The van der Waals surface area contributed by atoms with Gasteiger partial charge in [0.05, 0.1) is 0 Å². The molecular formula is C14H20Cl2HfNSi. The van der Waals surface area contributed by atoms with Gasteiger partial charge in [-0.3, -0.25) is 0 Å². The van der Waals surface area contributed by atoms with Crippen LogP contribution in [0.3, 0.4) is 0 Å². The maximum Gasteiger partial charge on any atom is -1.00 e. The maximum atomic E-state index is 3.96. The maximum absolute atomic E-state index is 3.96. The van der Waals surface area contributed by atoms with Crippen molar-refractivity contribution in [1.29, 1.82) is 0 Å². The number of benzene rings is 1. The molecule has 1 aromatic rings. The van der Waals surface area contributed by atoms with Crippen LogP contribution in [0.5, 0.6) is 0 Å². The molecule has 2 rings (SSSR count). The van der Waals surface area contributed by atoms with E-state index in [1.807, 2.05) is 0 Å². The smallest absolute Gasteiger partial charge is 1.00 e. The molecule has 0 aliphatic heterocycles. The van der Waals surface area contributed by atoms with Gasteiger partial charge in [-0.15, -0.1) is 0 Å². The average molecular weight is 480 g/mol. The van der Waals surface area contributed by atoms with Crippen LogP contribution in [0, 0.1) is 6.92 Å². The number of nitrogens with one attached hydrogen (secondary N) is 1. The minimum absolute atomic E-state index is 0. The summed E-state index contributed by atoms with van der Waals surface area (Å²) in [5, 5.41) is 0. The van der Waals surface area contributed by atoms with E-state index < -0.39 is 26.9 Å². The predicted octanol–water partition coefficient (Wildman–Crippen LogP) is -2.22. The van der Waals surface area contributed by atoms with Gasteiger partial charge < -0.3 is 24.8 Å². The molecule has 1 aromatic carbocycles. The first kappa shape index (κ1) is 19.2. The van der Waals surface area contributed by atoms with Crippen molar-refractivity contribution in [2.24, 2.45) is 0 Å². The summed E-state index contributed by atoms with van der Waals surface area (Å²) < 4.78 is 5.72. The molecule has 0 saturated carbocycles. The Balaban J connectivity index is 0.00000162. The van der Waals surface area contributed by atoms with Crippen molar-refractivity contribution in [3.63, 3.8) is 0 Å². The van der Waals surface area contributed by atoms with Crippen molar-refractivity contribution in [3.05, 3.63) is 51.4 Å². The van der Waals surface area contributed by atoms with Gasteiger partial charge in [0.15, 0.2) is 0 Å². The third-order valence-corrected chi connectivity index (χ3v) is 26.7. The molecule has 0 atom stereocenters. The number of halogens is 2. The Kier molecular flexibility index (Phi) is 9.25. The summed E-state index contributed by atoms with van der Waals surface area (Å²) in [4.78, 5) is 0. The van der Waals surface area contributed by atoms with E-state index in [0.29, 0.717) is 0 Å². The van der Waals surface area contributed by atoms with Crippen molar-refractivity contribution in [3.8, 4) is 0 Å². The molecule has 0 unspecified atom stereocenters. The van der Waals surface area contributed by atoms with Crippen LogP contribution in [0.4, 0.5) is 5.69 Å². The van der Waals surface area contributed by atoms with Crippen molar-refractivity contribution in [2.75, 3.05) is 3.30 Å². The molecule has 1 nitrogen and oxygen atoms in total. The summed E-state index contributed by atoms with van der Waals surface area (Å²) in [7, 11) is 0. The number of hydrogen-bond donors (Lipinski definition) is 1. The van der Waals surface area contributed by atoms with Crippen LogP contribution >= 0.6 is 0 Å². The normalized spacial score (nSPS) is 12.5. The number of para-hydroxylation sites is 1. The molecule has 19 heavy (non-hydrogen) atoms. The second kappa shape index (κ2) is 9.17.